The highest BCUT2D eigenvalue weighted by Gasteiger charge is 2.31. The van der Waals surface area contributed by atoms with Gasteiger partial charge in [-0.25, -0.2) is 0 Å². The standard InChI is InChI=1S/C11H11F3N2O/c1-3-9-8-6-7(17-11(12,13)14)4-5-10(8)16(2)15-9/h4-6H,3H2,1-2H3. The third-order valence-electron chi connectivity index (χ3n) is 2.47. The fraction of sp³-hybridized carbons (Fsp3) is 0.364. The van der Waals surface area contributed by atoms with E-state index in [-0.39, 0.29) is 5.75 Å². The number of halogens is 3. The summed E-state index contributed by atoms with van der Waals surface area (Å²) < 4.78 is 41.8. The van der Waals surface area contributed by atoms with Crippen molar-refractivity contribution in [3.63, 3.8) is 0 Å². The van der Waals surface area contributed by atoms with Gasteiger partial charge in [-0.05, 0) is 24.6 Å². The van der Waals surface area contributed by atoms with E-state index in [2.05, 4.69) is 9.84 Å². The number of hydrogen-bond donors (Lipinski definition) is 0. The summed E-state index contributed by atoms with van der Waals surface area (Å²) in [7, 11) is 1.76. The van der Waals surface area contributed by atoms with Crippen LogP contribution < -0.4 is 4.74 Å². The average Bonchev–Trinajstić information content (AvgIpc) is 2.53. The molecule has 0 amide bonds. The van der Waals surface area contributed by atoms with Crippen molar-refractivity contribution in [3.05, 3.63) is 23.9 Å². The van der Waals surface area contributed by atoms with Gasteiger partial charge in [0.1, 0.15) is 5.75 Å². The second-order valence-electron chi connectivity index (χ2n) is 3.65. The molecule has 1 heterocycles. The number of alkyl halides is 3. The second-order valence-corrected chi connectivity index (χ2v) is 3.65. The summed E-state index contributed by atoms with van der Waals surface area (Å²) >= 11 is 0. The van der Waals surface area contributed by atoms with E-state index in [9.17, 15) is 13.2 Å². The normalized spacial score (nSPS) is 12.1. The van der Waals surface area contributed by atoms with Crippen LogP contribution in [0.15, 0.2) is 18.2 Å². The van der Waals surface area contributed by atoms with E-state index in [4.69, 9.17) is 0 Å². The number of hydrogen-bond acceptors (Lipinski definition) is 2. The maximum absolute atomic E-state index is 12.1. The van der Waals surface area contributed by atoms with Gasteiger partial charge in [-0.15, -0.1) is 13.2 Å². The van der Waals surface area contributed by atoms with Crippen molar-refractivity contribution in [2.24, 2.45) is 7.05 Å². The van der Waals surface area contributed by atoms with Gasteiger partial charge in [0.05, 0.1) is 11.2 Å². The maximum atomic E-state index is 12.1. The van der Waals surface area contributed by atoms with Crippen molar-refractivity contribution in [3.8, 4) is 5.75 Å². The zero-order valence-electron chi connectivity index (χ0n) is 9.38. The van der Waals surface area contributed by atoms with Crippen LogP contribution in [0.25, 0.3) is 10.9 Å². The van der Waals surface area contributed by atoms with E-state index >= 15 is 0 Å². The first-order valence-corrected chi connectivity index (χ1v) is 5.12. The summed E-state index contributed by atoms with van der Waals surface area (Å²) in [5.41, 5.74) is 1.55. The highest BCUT2D eigenvalue weighted by atomic mass is 19.4. The third kappa shape index (κ3) is 2.35. The number of fused-ring (bicyclic) bond motifs is 1. The van der Waals surface area contributed by atoms with Gasteiger partial charge in [0.15, 0.2) is 0 Å². The summed E-state index contributed by atoms with van der Waals surface area (Å²) in [4.78, 5) is 0. The van der Waals surface area contributed by atoms with E-state index in [1.807, 2.05) is 6.92 Å². The average molecular weight is 244 g/mol. The Balaban J connectivity index is 2.49. The van der Waals surface area contributed by atoms with Gasteiger partial charge in [-0.3, -0.25) is 4.68 Å². The van der Waals surface area contributed by atoms with Gasteiger partial charge < -0.3 is 4.74 Å². The number of aromatic nitrogens is 2. The Morgan fingerprint density at radius 2 is 2.06 bits per heavy atom. The first kappa shape index (κ1) is 11.8. The SMILES string of the molecule is CCc1nn(C)c2ccc(OC(F)(F)F)cc12. The van der Waals surface area contributed by atoms with E-state index in [1.165, 1.54) is 12.1 Å². The van der Waals surface area contributed by atoms with E-state index < -0.39 is 6.36 Å². The molecule has 0 unspecified atom stereocenters. The summed E-state index contributed by atoms with van der Waals surface area (Å²) in [6, 6.07) is 4.23. The number of nitrogens with zero attached hydrogens (tertiary/aromatic N) is 2. The topological polar surface area (TPSA) is 27.1 Å². The fourth-order valence-electron chi connectivity index (χ4n) is 1.78. The van der Waals surface area contributed by atoms with Crippen LogP contribution in [-0.2, 0) is 13.5 Å². The first-order valence-electron chi connectivity index (χ1n) is 5.12. The Morgan fingerprint density at radius 3 is 2.65 bits per heavy atom. The summed E-state index contributed by atoms with van der Waals surface area (Å²) in [5.74, 6) is -0.215. The summed E-state index contributed by atoms with van der Waals surface area (Å²) in [6.45, 7) is 1.90. The molecule has 0 aliphatic carbocycles. The molecule has 0 radical (unpaired) electrons. The molecule has 6 heteroatoms. The lowest BCUT2D eigenvalue weighted by Crippen LogP contribution is -2.17. The van der Waals surface area contributed by atoms with Gasteiger partial charge in [0, 0.05) is 12.4 Å². The molecular formula is C11H11F3N2O. The molecular weight excluding hydrogens is 233 g/mol. The smallest absolute Gasteiger partial charge is 0.406 e. The Labute approximate surface area is 95.8 Å². The number of ether oxygens (including phenoxy) is 1. The summed E-state index contributed by atoms with van der Waals surface area (Å²) in [5, 5.41) is 4.92. The monoisotopic (exact) mass is 244 g/mol. The zero-order valence-corrected chi connectivity index (χ0v) is 9.38. The molecule has 0 spiro atoms. The zero-order chi connectivity index (χ0) is 12.6. The van der Waals surface area contributed by atoms with Gasteiger partial charge >= 0.3 is 6.36 Å². The quantitative estimate of drug-likeness (QED) is 0.811. The van der Waals surface area contributed by atoms with Gasteiger partial charge in [0.25, 0.3) is 0 Å². The molecule has 0 N–H and O–H groups in total. The van der Waals surface area contributed by atoms with Gasteiger partial charge in [-0.1, -0.05) is 6.92 Å². The molecule has 3 nitrogen and oxygen atoms in total. The van der Waals surface area contributed by atoms with Crippen LogP contribution in [0.5, 0.6) is 5.75 Å². The molecule has 1 aromatic heterocycles. The molecule has 0 aliphatic rings. The van der Waals surface area contributed by atoms with Crippen molar-refractivity contribution in [1.82, 2.24) is 9.78 Å². The Morgan fingerprint density at radius 1 is 1.35 bits per heavy atom. The lowest BCUT2D eigenvalue weighted by atomic mass is 10.2. The minimum atomic E-state index is -4.66. The van der Waals surface area contributed by atoms with Crippen molar-refractivity contribution in [1.29, 1.82) is 0 Å². The van der Waals surface area contributed by atoms with Crippen molar-refractivity contribution < 1.29 is 17.9 Å². The molecule has 17 heavy (non-hydrogen) atoms. The van der Waals surface area contributed by atoms with Crippen LogP contribution >= 0.6 is 0 Å². The molecule has 0 saturated heterocycles. The van der Waals surface area contributed by atoms with E-state index in [0.717, 1.165) is 11.2 Å². The first-order chi connectivity index (χ1) is 7.90. The number of rotatable bonds is 2. The highest BCUT2D eigenvalue weighted by Crippen LogP contribution is 2.28. The molecule has 0 atom stereocenters. The Kier molecular flexibility index (Phi) is 2.73. The van der Waals surface area contributed by atoms with Crippen molar-refractivity contribution in [2.45, 2.75) is 19.7 Å². The predicted octanol–water partition coefficient (Wildman–Crippen LogP) is 3.03. The molecule has 1 aromatic carbocycles. The van der Waals surface area contributed by atoms with Crippen LogP contribution in [0.3, 0.4) is 0 Å². The third-order valence-corrected chi connectivity index (χ3v) is 2.47. The largest absolute Gasteiger partial charge is 0.573 e. The number of benzene rings is 1. The highest BCUT2D eigenvalue weighted by molar-refractivity contribution is 5.83. The Bertz CT molecular complexity index is 545. The lowest BCUT2D eigenvalue weighted by Gasteiger charge is -2.08. The second kappa shape index (κ2) is 3.94. The minimum Gasteiger partial charge on any atom is -0.406 e. The van der Waals surface area contributed by atoms with Crippen molar-refractivity contribution >= 4 is 10.9 Å². The summed E-state index contributed by atoms with van der Waals surface area (Å²) in [6.07, 6.45) is -4.00. The molecule has 0 aliphatic heterocycles. The molecule has 0 bridgehead atoms. The molecule has 0 fully saturated rings. The molecule has 2 aromatic rings. The fourth-order valence-corrected chi connectivity index (χ4v) is 1.78. The minimum absolute atomic E-state index is 0.215. The van der Waals surface area contributed by atoms with E-state index in [1.54, 1.807) is 17.8 Å². The number of aryl methyl sites for hydroxylation is 2. The van der Waals surface area contributed by atoms with Gasteiger partial charge in [-0.2, -0.15) is 5.10 Å². The van der Waals surface area contributed by atoms with Crippen LogP contribution in [0.4, 0.5) is 13.2 Å². The van der Waals surface area contributed by atoms with Crippen LogP contribution in [0.2, 0.25) is 0 Å². The predicted molar refractivity (Wildman–Crippen MR) is 56.8 cm³/mol. The van der Waals surface area contributed by atoms with Crippen molar-refractivity contribution in [2.75, 3.05) is 0 Å². The van der Waals surface area contributed by atoms with Crippen LogP contribution in [0, 0.1) is 0 Å². The maximum Gasteiger partial charge on any atom is 0.573 e. The molecule has 0 saturated carbocycles. The van der Waals surface area contributed by atoms with Crippen LogP contribution in [-0.4, -0.2) is 16.1 Å². The van der Waals surface area contributed by atoms with E-state index in [0.29, 0.717) is 11.8 Å². The van der Waals surface area contributed by atoms with Crippen LogP contribution in [0.1, 0.15) is 12.6 Å². The Hall–Kier alpha value is -1.72. The molecule has 2 rings (SSSR count). The van der Waals surface area contributed by atoms with Gasteiger partial charge in [0.2, 0.25) is 0 Å². The lowest BCUT2D eigenvalue weighted by molar-refractivity contribution is -0.274. The molecule has 92 valence electrons.